The van der Waals surface area contributed by atoms with E-state index in [1.54, 1.807) is 15.9 Å². The van der Waals surface area contributed by atoms with Gasteiger partial charge in [-0.1, -0.05) is 37.2 Å². The van der Waals surface area contributed by atoms with Crippen molar-refractivity contribution in [3.63, 3.8) is 0 Å². The number of hydrogen-bond donors (Lipinski definition) is 0. The molecule has 152 valence electrons. The van der Waals surface area contributed by atoms with Crippen molar-refractivity contribution in [2.75, 3.05) is 6.54 Å². The summed E-state index contributed by atoms with van der Waals surface area (Å²) in [5, 5.41) is 3.07. The van der Waals surface area contributed by atoms with E-state index in [0.717, 1.165) is 25.8 Å². The number of hydrogen-bond acceptors (Lipinski definition) is 5. The average molecular weight is 428 g/mol. The van der Waals surface area contributed by atoms with Crippen LogP contribution >= 0.6 is 23.1 Å². The summed E-state index contributed by atoms with van der Waals surface area (Å²) in [6.45, 7) is 6.08. The minimum absolute atomic E-state index is 0.0212. The molecule has 7 heteroatoms. The lowest BCUT2D eigenvalue weighted by molar-refractivity contribution is -0.131. The van der Waals surface area contributed by atoms with Crippen molar-refractivity contribution in [3.8, 4) is 0 Å². The van der Waals surface area contributed by atoms with Crippen molar-refractivity contribution in [1.29, 1.82) is 0 Å². The van der Waals surface area contributed by atoms with Gasteiger partial charge < -0.3 is 4.90 Å². The topological polar surface area (TPSA) is 55.2 Å². The minimum atomic E-state index is -0.295. The van der Waals surface area contributed by atoms with Crippen molar-refractivity contribution in [1.82, 2.24) is 14.5 Å². The molecule has 0 aliphatic carbocycles. The highest BCUT2D eigenvalue weighted by Gasteiger charge is 2.27. The van der Waals surface area contributed by atoms with Crippen molar-refractivity contribution in [2.45, 2.75) is 56.6 Å². The molecule has 0 spiro atoms. The molecule has 1 aliphatic rings. The molecular weight excluding hydrogens is 402 g/mol. The van der Waals surface area contributed by atoms with E-state index in [-0.39, 0.29) is 16.7 Å². The van der Waals surface area contributed by atoms with Crippen LogP contribution in [0.5, 0.6) is 0 Å². The summed E-state index contributed by atoms with van der Waals surface area (Å²) < 4.78 is 1.74. The predicted octanol–water partition coefficient (Wildman–Crippen LogP) is 4.32. The fraction of sp³-hybridized carbons (Fsp3) is 0.409. The number of thiophene rings is 1. The van der Waals surface area contributed by atoms with E-state index in [0.29, 0.717) is 29.1 Å². The number of fused-ring (bicyclic) bond motifs is 2. The Labute approximate surface area is 178 Å². The zero-order chi connectivity index (χ0) is 20.4. The van der Waals surface area contributed by atoms with E-state index in [4.69, 9.17) is 4.98 Å². The highest BCUT2D eigenvalue weighted by atomic mass is 32.2. The highest BCUT2D eigenvalue weighted by molar-refractivity contribution is 8.00. The van der Waals surface area contributed by atoms with Crippen LogP contribution in [-0.4, -0.2) is 32.2 Å². The SMILES string of the molecule is CCCCn1c(SC(C)C(=O)N2CCc3sccc3C2)nc2ccccc2c1=O. The van der Waals surface area contributed by atoms with Gasteiger partial charge in [0.2, 0.25) is 5.91 Å². The fourth-order valence-corrected chi connectivity index (χ4v) is 5.56. The van der Waals surface area contributed by atoms with Gasteiger partial charge in [-0.2, -0.15) is 0 Å². The lowest BCUT2D eigenvalue weighted by Gasteiger charge is -2.29. The van der Waals surface area contributed by atoms with E-state index >= 15 is 0 Å². The van der Waals surface area contributed by atoms with Gasteiger partial charge in [-0.25, -0.2) is 4.98 Å². The Balaban J connectivity index is 1.59. The molecule has 1 amide bonds. The normalized spacial score (nSPS) is 14.8. The molecule has 1 unspecified atom stereocenters. The molecule has 3 aromatic rings. The van der Waals surface area contributed by atoms with Gasteiger partial charge in [-0.05, 0) is 48.9 Å². The first-order chi connectivity index (χ1) is 14.1. The number of aromatic nitrogens is 2. The Bertz CT molecular complexity index is 1090. The Morgan fingerprint density at radius 1 is 1.31 bits per heavy atom. The van der Waals surface area contributed by atoms with Crippen LogP contribution in [0.4, 0.5) is 0 Å². The van der Waals surface area contributed by atoms with E-state index in [2.05, 4.69) is 18.4 Å². The van der Waals surface area contributed by atoms with Crippen LogP contribution in [0.25, 0.3) is 10.9 Å². The van der Waals surface area contributed by atoms with Gasteiger partial charge in [0.25, 0.3) is 5.56 Å². The molecular formula is C22H25N3O2S2. The van der Waals surface area contributed by atoms with E-state index < -0.39 is 0 Å². The summed E-state index contributed by atoms with van der Waals surface area (Å²) in [6, 6.07) is 9.55. The standard InChI is InChI=1S/C22H25N3O2S2/c1-3-4-11-25-21(27)17-7-5-6-8-18(17)23-22(25)29-15(2)20(26)24-12-9-19-16(14-24)10-13-28-19/h5-8,10,13,15H,3-4,9,11-12,14H2,1-2H3. The number of thioether (sulfide) groups is 1. The molecule has 0 radical (unpaired) electrons. The lowest BCUT2D eigenvalue weighted by atomic mass is 10.1. The number of benzene rings is 1. The number of amides is 1. The van der Waals surface area contributed by atoms with Gasteiger partial charge in [-0.3, -0.25) is 14.2 Å². The van der Waals surface area contributed by atoms with Crippen LogP contribution in [-0.2, 0) is 24.3 Å². The molecule has 29 heavy (non-hydrogen) atoms. The van der Waals surface area contributed by atoms with E-state index in [1.807, 2.05) is 36.1 Å². The van der Waals surface area contributed by atoms with Crippen molar-refractivity contribution >= 4 is 39.9 Å². The first-order valence-corrected chi connectivity index (χ1v) is 11.8. The largest absolute Gasteiger partial charge is 0.337 e. The molecule has 0 saturated heterocycles. The maximum Gasteiger partial charge on any atom is 0.262 e. The molecule has 5 nitrogen and oxygen atoms in total. The summed E-state index contributed by atoms with van der Waals surface area (Å²) in [7, 11) is 0. The minimum Gasteiger partial charge on any atom is -0.337 e. The van der Waals surface area contributed by atoms with E-state index in [1.165, 1.54) is 22.2 Å². The van der Waals surface area contributed by atoms with Gasteiger partial charge in [0.15, 0.2) is 5.16 Å². The van der Waals surface area contributed by atoms with Crippen LogP contribution in [0.1, 0.15) is 37.1 Å². The number of rotatable bonds is 6. The predicted molar refractivity (Wildman–Crippen MR) is 120 cm³/mol. The second-order valence-electron chi connectivity index (χ2n) is 7.36. The Morgan fingerprint density at radius 2 is 2.14 bits per heavy atom. The summed E-state index contributed by atoms with van der Waals surface area (Å²) >= 11 is 3.17. The van der Waals surface area contributed by atoms with Gasteiger partial charge in [0.1, 0.15) is 0 Å². The average Bonchev–Trinajstić information content (AvgIpc) is 3.21. The zero-order valence-electron chi connectivity index (χ0n) is 16.8. The second-order valence-corrected chi connectivity index (χ2v) is 9.67. The monoisotopic (exact) mass is 427 g/mol. The summed E-state index contributed by atoms with van der Waals surface area (Å²) in [4.78, 5) is 34.2. The summed E-state index contributed by atoms with van der Waals surface area (Å²) in [6.07, 6.45) is 2.82. The van der Waals surface area contributed by atoms with Crippen LogP contribution in [0, 0.1) is 0 Å². The molecule has 0 N–H and O–H groups in total. The zero-order valence-corrected chi connectivity index (χ0v) is 18.4. The number of nitrogens with zero attached hydrogens (tertiary/aromatic N) is 3. The maximum absolute atomic E-state index is 13.1. The molecule has 1 aromatic carbocycles. The van der Waals surface area contributed by atoms with Gasteiger partial charge in [0.05, 0.1) is 16.2 Å². The third kappa shape index (κ3) is 4.12. The quantitative estimate of drug-likeness (QED) is 0.434. The van der Waals surface area contributed by atoms with Crippen molar-refractivity contribution in [3.05, 3.63) is 56.5 Å². The molecule has 2 aromatic heterocycles. The first kappa shape index (κ1) is 20.2. The molecule has 1 aliphatic heterocycles. The maximum atomic E-state index is 13.1. The number of unbranched alkanes of at least 4 members (excludes halogenated alkanes) is 1. The van der Waals surface area contributed by atoms with Crippen LogP contribution in [0.15, 0.2) is 45.7 Å². The molecule has 1 atom stereocenters. The molecule has 0 saturated carbocycles. The third-order valence-electron chi connectivity index (χ3n) is 5.31. The second kappa shape index (κ2) is 8.71. The van der Waals surface area contributed by atoms with Gasteiger partial charge in [0, 0.05) is 24.5 Å². The first-order valence-electron chi connectivity index (χ1n) is 10.1. The van der Waals surface area contributed by atoms with Crippen LogP contribution < -0.4 is 5.56 Å². The van der Waals surface area contributed by atoms with Crippen molar-refractivity contribution in [2.24, 2.45) is 0 Å². The smallest absolute Gasteiger partial charge is 0.262 e. The lowest BCUT2D eigenvalue weighted by Crippen LogP contribution is -2.40. The summed E-state index contributed by atoms with van der Waals surface area (Å²) in [5.74, 6) is 0.108. The highest BCUT2D eigenvalue weighted by Crippen LogP contribution is 2.28. The Kier molecular flexibility index (Phi) is 6.06. The van der Waals surface area contributed by atoms with Gasteiger partial charge in [-0.15, -0.1) is 11.3 Å². The van der Waals surface area contributed by atoms with E-state index in [9.17, 15) is 9.59 Å². The number of carbonyl (C=O) groups excluding carboxylic acids is 1. The molecule has 4 rings (SSSR count). The molecule has 0 fully saturated rings. The molecule has 0 bridgehead atoms. The van der Waals surface area contributed by atoms with Crippen LogP contribution in [0.3, 0.4) is 0 Å². The number of carbonyl (C=O) groups is 1. The summed E-state index contributed by atoms with van der Waals surface area (Å²) in [5.41, 5.74) is 1.93. The van der Waals surface area contributed by atoms with Gasteiger partial charge >= 0.3 is 0 Å². The Hall–Kier alpha value is -2.12. The van der Waals surface area contributed by atoms with Crippen LogP contribution in [0.2, 0.25) is 0 Å². The Morgan fingerprint density at radius 3 is 2.97 bits per heavy atom. The molecule has 3 heterocycles. The number of para-hydroxylation sites is 1. The third-order valence-corrected chi connectivity index (χ3v) is 7.41. The fourth-order valence-electron chi connectivity index (χ4n) is 3.65. The van der Waals surface area contributed by atoms with Crippen molar-refractivity contribution < 1.29 is 4.79 Å².